The van der Waals surface area contributed by atoms with Gasteiger partial charge in [0, 0.05) is 0 Å². The number of esters is 3. The predicted molar refractivity (Wildman–Crippen MR) is 71.8 cm³/mol. The summed E-state index contributed by atoms with van der Waals surface area (Å²) in [5.74, 6) is -1.31. The maximum absolute atomic E-state index is 11.5. The molecule has 1 atom stereocenters. The highest BCUT2D eigenvalue weighted by Crippen LogP contribution is 2.15. The van der Waals surface area contributed by atoms with Crippen molar-refractivity contribution in [1.29, 1.82) is 0 Å². The second-order valence-electron chi connectivity index (χ2n) is 5.45. The van der Waals surface area contributed by atoms with Crippen molar-refractivity contribution in [2.45, 2.75) is 53.6 Å². The first-order valence-corrected chi connectivity index (χ1v) is 6.69. The molecule has 0 aromatic carbocycles. The first-order valence-electron chi connectivity index (χ1n) is 6.69. The van der Waals surface area contributed by atoms with Crippen molar-refractivity contribution in [3.05, 3.63) is 0 Å². The van der Waals surface area contributed by atoms with Crippen LogP contribution in [0.3, 0.4) is 0 Å². The molecule has 6 nitrogen and oxygen atoms in total. The topological polar surface area (TPSA) is 78.9 Å². The lowest BCUT2D eigenvalue weighted by molar-refractivity contribution is -0.163. The van der Waals surface area contributed by atoms with Crippen LogP contribution in [0.15, 0.2) is 0 Å². The van der Waals surface area contributed by atoms with Crippen molar-refractivity contribution >= 4 is 17.9 Å². The maximum Gasteiger partial charge on any atom is 0.311 e. The Hall–Kier alpha value is -1.59. The van der Waals surface area contributed by atoms with E-state index in [2.05, 4.69) is 0 Å². The number of ether oxygens (including phenoxy) is 3. The van der Waals surface area contributed by atoms with Gasteiger partial charge < -0.3 is 14.2 Å². The Bertz CT molecular complexity index is 342. The predicted octanol–water partition coefficient (Wildman–Crippen LogP) is 1.85. The second-order valence-corrected chi connectivity index (χ2v) is 5.45. The molecule has 0 heterocycles. The molecule has 0 N–H and O–H groups in total. The van der Waals surface area contributed by atoms with Gasteiger partial charge in [-0.25, -0.2) is 0 Å². The van der Waals surface area contributed by atoms with E-state index < -0.39 is 23.5 Å². The van der Waals surface area contributed by atoms with Gasteiger partial charge in [0.15, 0.2) is 0 Å². The third-order valence-corrected chi connectivity index (χ3v) is 2.23. The average Bonchev–Trinajstić information content (AvgIpc) is 2.32. The summed E-state index contributed by atoms with van der Waals surface area (Å²) in [5, 5.41) is 0. The Labute approximate surface area is 119 Å². The molecule has 0 radical (unpaired) electrons. The molecule has 0 aliphatic rings. The van der Waals surface area contributed by atoms with Crippen LogP contribution in [0, 0.1) is 5.41 Å². The van der Waals surface area contributed by atoms with Gasteiger partial charge in [0.05, 0.1) is 24.9 Å². The van der Waals surface area contributed by atoms with Crippen molar-refractivity contribution in [3.63, 3.8) is 0 Å². The van der Waals surface area contributed by atoms with Gasteiger partial charge in [-0.05, 0) is 34.6 Å². The zero-order valence-electron chi connectivity index (χ0n) is 12.9. The third kappa shape index (κ3) is 8.50. The van der Waals surface area contributed by atoms with Gasteiger partial charge >= 0.3 is 17.9 Å². The molecular weight excluding hydrogens is 264 g/mol. The molecule has 6 heteroatoms. The van der Waals surface area contributed by atoms with Crippen molar-refractivity contribution in [3.8, 4) is 0 Å². The fraction of sp³-hybridized carbons (Fsp3) is 0.786. The molecule has 0 aromatic heterocycles. The summed E-state index contributed by atoms with van der Waals surface area (Å²) < 4.78 is 14.7. The fourth-order valence-electron chi connectivity index (χ4n) is 1.16. The molecule has 0 rings (SSSR count). The number of carbonyl (C=O) groups excluding carboxylic acids is 3. The summed E-state index contributed by atoms with van der Waals surface area (Å²) in [6.07, 6.45) is -0.603. The summed E-state index contributed by atoms with van der Waals surface area (Å²) in [6, 6.07) is 0. The molecule has 0 bridgehead atoms. The quantitative estimate of drug-likeness (QED) is 0.525. The molecule has 0 amide bonds. The summed E-state index contributed by atoms with van der Waals surface area (Å²) in [4.78, 5) is 34.0. The van der Waals surface area contributed by atoms with Gasteiger partial charge in [-0.3, -0.25) is 14.4 Å². The Morgan fingerprint density at radius 2 is 1.55 bits per heavy atom. The Morgan fingerprint density at radius 3 is 2.05 bits per heavy atom. The van der Waals surface area contributed by atoms with Gasteiger partial charge in [0.2, 0.25) is 0 Å². The molecular formula is C14H24O6. The second kappa shape index (κ2) is 8.55. The maximum atomic E-state index is 11.5. The Morgan fingerprint density at radius 1 is 1.00 bits per heavy atom. The van der Waals surface area contributed by atoms with Crippen LogP contribution in [0.25, 0.3) is 0 Å². The third-order valence-electron chi connectivity index (χ3n) is 2.23. The van der Waals surface area contributed by atoms with Crippen LogP contribution in [0.5, 0.6) is 0 Å². The van der Waals surface area contributed by atoms with E-state index in [1.54, 1.807) is 34.6 Å². The molecule has 0 aliphatic carbocycles. The zero-order chi connectivity index (χ0) is 15.8. The van der Waals surface area contributed by atoms with Crippen LogP contribution in [-0.2, 0) is 28.6 Å². The molecule has 0 aromatic rings. The van der Waals surface area contributed by atoms with E-state index in [0.29, 0.717) is 0 Å². The first kappa shape index (κ1) is 18.4. The minimum Gasteiger partial charge on any atom is -0.466 e. The van der Waals surface area contributed by atoms with Crippen molar-refractivity contribution in [1.82, 2.24) is 0 Å². The van der Waals surface area contributed by atoms with Crippen LogP contribution in [0.2, 0.25) is 0 Å². The van der Waals surface area contributed by atoms with Crippen LogP contribution in [0.1, 0.15) is 47.5 Å². The lowest BCUT2D eigenvalue weighted by Crippen LogP contribution is -2.28. The largest absolute Gasteiger partial charge is 0.466 e. The van der Waals surface area contributed by atoms with E-state index >= 15 is 0 Å². The lowest BCUT2D eigenvalue weighted by atomic mass is 9.97. The lowest BCUT2D eigenvalue weighted by Gasteiger charge is -2.19. The summed E-state index contributed by atoms with van der Waals surface area (Å²) in [6.45, 7) is 8.83. The van der Waals surface area contributed by atoms with E-state index in [9.17, 15) is 14.4 Å². The molecule has 20 heavy (non-hydrogen) atoms. The number of hydrogen-bond acceptors (Lipinski definition) is 6. The zero-order valence-corrected chi connectivity index (χ0v) is 12.9. The highest BCUT2D eigenvalue weighted by molar-refractivity contribution is 5.77. The SMILES string of the molecule is CCOC(=O)CCC(=O)OC(C)COC(=O)C(C)(C)C. The van der Waals surface area contributed by atoms with Crippen molar-refractivity contribution < 1.29 is 28.6 Å². The summed E-state index contributed by atoms with van der Waals surface area (Å²) >= 11 is 0. The van der Waals surface area contributed by atoms with Gasteiger partial charge in [-0.15, -0.1) is 0 Å². The van der Waals surface area contributed by atoms with Gasteiger partial charge in [0.25, 0.3) is 0 Å². The molecule has 1 unspecified atom stereocenters. The molecule has 0 aliphatic heterocycles. The van der Waals surface area contributed by atoms with Crippen molar-refractivity contribution in [2.75, 3.05) is 13.2 Å². The summed E-state index contributed by atoms with van der Waals surface area (Å²) in [7, 11) is 0. The highest BCUT2D eigenvalue weighted by atomic mass is 16.6. The molecule has 0 saturated carbocycles. The fourth-order valence-corrected chi connectivity index (χ4v) is 1.16. The number of hydrogen-bond donors (Lipinski definition) is 0. The van der Waals surface area contributed by atoms with Crippen LogP contribution in [0.4, 0.5) is 0 Å². The normalized spacial score (nSPS) is 12.4. The van der Waals surface area contributed by atoms with E-state index in [-0.39, 0.29) is 32.0 Å². The van der Waals surface area contributed by atoms with E-state index in [0.717, 1.165) is 0 Å². The first-order chi connectivity index (χ1) is 9.16. The monoisotopic (exact) mass is 288 g/mol. The minimum absolute atomic E-state index is 0.00124. The van der Waals surface area contributed by atoms with Gasteiger partial charge in [0.1, 0.15) is 12.7 Å². The van der Waals surface area contributed by atoms with Gasteiger partial charge in [-0.2, -0.15) is 0 Å². The molecule has 0 fully saturated rings. The summed E-state index contributed by atoms with van der Waals surface area (Å²) in [5.41, 5.74) is -0.590. The van der Waals surface area contributed by atoms with Crippen LogP contribution < -0.4 is 0 Å². The Kier molecular flexibility index (Phi) is 7.87. The smallest absolute Gasteiger partial charge is 0.311 e. The van der Waals surface area contributed by atoms with Crippen molar-refractivity contribution in [2.24, 2.45) is 5.41 Å². The molecule has 0 spiro atoms. The standard InChI is InChI=1S/C14H24O6/c1-6-18-11(15)7-8-12(16)20-10(2)9-19-13(17)14(3,4)5/h10H,6-9H2,1-5H3. The average molecular weight is 288 g/mol. The highest BCUT2D eigenvalue weighted by Gasteiger charge is 2.24. The Balaban J connectivity index is 3.91. The minimum atomic E-state index is -0.590. The molecule has 116 valence electrons. The number of rotatable bonds is 7. The van der Waals surface area contributed by atoms with E-state index in [1.165, 1.54) is 0 Å². The number of carbonyl (C=O) groups is 3. The van der Waals surface area contributed by atoms with Crippen LogP contribution >= 0.6 is 0 Å². The molecule has 0 saturated heterocycles. The van der Waals surface area contributed by atoms with E-state index in [1.807, 2.05) is 0 Å². The van der Waals surface area contributed by atoms with Gasteiger partial charge in [-0.1, -0.05) is 0 Å². The van der Waals surface area contributed by atoms with Crippen LogP contribution in [-0.4, -0.2) is 37.2 Å². The van der Waals surface area contributed by atoms with E-state index in [4.69, 9.17) is 14.2 Å².